The maximum atomic E-state index is 11.8. The maximum absolute atomic E-state index is 11.8. The van der Waals surface area contributed by atoms with Gasteiger partial charge in [0.2, 0.25) is 0 Å². The van der Waals surface area contributed by atoms with Crippen LogP contribution in [0.15, 0.2) is 5.16 Å². The highest BCUT2D eigenvalue weighted by Gasteiger charge is 2.68. The molecule has 6 fully saturated rings. The molecular formula is C25H39NO6. The number of hydrogen-bond donors (Lipinski definition) is 2. The van der Waals surface area contributed by atoms with E-state index >= 15 is 0 Å². The van der Waals surface area contributed by atoms with E-state index in [1.165, 1.54) is 0 Å². The second-order valence-corrected chi connectivity index (χ2v) is 12.0. The number of fused-ring (bicyclic) bond motifs is 5. The van der Waals surface area contributed by atoms with Gasteiger partial charge in [-0.15, -0.1) is 0 Å². The zero-order valence-corrected chi connectivity index (χ0v) is 19.7. The van der Waals surface area contributed by atoms with E-state index in [9.17, 15) is 10.3 Å². The average Bonchev–Trinajstić information content (AvgIpc) is 3.47. The summed E-state index contributed by atoms with van der Waals surface area (Å²) >= 11 is 0. The van der Waals surface area contributed by atoms with E-state index in [1.54, 1.807) is 0 Å². The molecule has 7 heteroatoms. The smallest absolute Gasteiger partial charge is 0.174 e. The number of aliphatic hydroxyl groups is 1. The van der Waals surface area contributed by atoms with Crippen LogP contribution in [0.4, 0.5) is 0 Å². The molecule has 2 heterocycles. The van der Waals surface area contributed by atoms with Crippen molar-refractivity contribution >= 4 is 5.71 Å². The highest BCUT2D eigenvalue weighted by atomic mass is 16.7. The zero-order chi connectivity index (χ0) is 22.4. The minimum atomic E-state index is -0.642. The molecule has 2 N–H and O–H groups in total. The SMILES string of the molecule is CC1([C@@H]2CC[C@H]3[C@@H]4CC[C@@H]5CC6(C/C(=N/O)[C@]5(C)[C@@H]4[C@H](O)C[C@@]32C)OCCO6)OCCO1. The second kappa shape index (κ2) is 7.14. The lowest BCUT2D eigenvalue weighted by atomic mass is 9.43. The van der Waals surface area contributed by atoms with Crippen LogP contribution in [0.1, 0.15) is 65.7 Å². The minimum Gasteiger partial charge on any atom is -0.411 e. The van der Waals surface area contributed by atoms with Gasteiger partial charge in [-0.1, -0.05) is 19.0 Å². The summed E-state index contributed by atoms with van der Waals surface area (Å²) in [5, 5.41) is 25.7. The monoisotopic (exact) mass is 449 g/mol. The normalized spacial score (nSPS) is 52.7. The van der Waals surface area contributed by atoms with Gasteiger partial charge in [-0.05, 0) is 68.1 Å². The number of oxime groups is 1. The number of rotatable bonds is 1. The molecule has 2 saturated heterocycles. The highest BCUT2D eigenvalue weighted by molar-refractivity contribution is 5.92. The number of aliphatic hydroxyl groups excluding tert-OH is 1. The number of nitrogens with zero attached hydrogens (tertiary/aromatic N) is 1. The average molecular weight is 450 g/mol. The van der Waals surface area contributed by atoms with E-state index in [0.29, 0.717) is 50.6 Å². The molecule has 32 heavy (non-hydrogen) atoms. The molecule has 0 bridgehead atoms. The van der Waals surface area contributed by atoms with E-state index in [4.69, 9.17) is 18.9 Å². The summed E-state index contributed by atoms with van der Waals surface area (Å²) < 4.78 is 24.3. The summed E-state index contributed by atoms with van der Waals surface area (Å²) in [6.07, 6.45) is 6.03. The fourth-order valence-corrected chi connectivity index (χ4v) is 9.65. The van der Waals surface area contributed by atoms with E-state index in [0.717, 1.165) is 44.2 Å². The Balaban J connectivity index is 1.34. The Morgan fingerprint density at radius 3 is 2.25 bits per heavy atom. The van der Waals surface area contributed by atoms with Crippen LogP contribution in [0, 0.1) is 40.4 Å². The van der Waals surface area contributed by atoms with Gasteiger partial charge in [0.05, 0.1) is 38.2 Å². The van der Waals surface area contributed by atoms with Gasteiger partial charge in [0.15, 0.2) is 11.6 Å². The second-order valence-electron chi connectivity index (χ2n) is 12.0. The molecule has 4 saturated carbocycles. The van der Waals surface area contributed by atoms with Gasteiger partial charge in [-0.25, -0.2) is 0 Å². The van der Waals surface area contributed by atoms with Gasteiger partial charge >= 0.3 is 0 Å². The summed E-state index contributed by atoms with van der Waals surface area (Å²) in [6, 6.07) is 0. The Bertz CT molecular complexity index is 789. The topological polar surface area (TPSA) is 89.7 Å². The first-order valence-corrected chi connectivity index (χ1v) is 12.7. The molecule has 1 spiro atoms. The van der Waals surface area contributed by atoms with Crippen molar-refractivity contribution in [2.24, 2.45) is 45.6 Å². The van der Waals surface area contributed by atoms with Crippen molar-refractivity contribution in [1.29, 1.82) is 0 Å². The molecule has 0 aromatic carbocycles. The molecule has 4 aliphatic carbocycles. The first kappa shape index (κ1) is 21.8. The third-order valence-corrected chi connectivity index (χ3v) is 10.9. The lowest BCUT2D eigenvalue weighted by Gasteiger charge is -2.63. The Hall–Kier alpha value is -0.730. The fraction of sp³-hybridized carbons (Fsp3) is 0.960. The van der Waals surface area contributed by atoms with Crippen molar-refractivity contribution in [3.63, 3.8) is 0 Å². The molecule has 0 aromatic heterocycles. The van der Waals surface area contributed by atoms with Crippen molar-refractivity contribution in [2.75, 3.05) is 26.4 Å². The molecule has 7 nitrogen and oxygen atoms in total. The molecule has 180 valence electrons. The molecule has 0 aromatic rings. The van der Waals surface area contributed by atoms with Gasteiger partial charge in [-0.2, -0.15) is 0 Å². The van der Waals surface area contributed by atoms with E-state index in [2.05, 4.69) is 25.9 Å². The zero-order valence-electron chi connectivity index (χ0n) is 19.7. The first-order chi connectivity index (χ1) is 15.3. The van der Waals surface area contributed by atoms with Crippen LogP contribution in [0.5, 0.6) is 0 Å². The molecule has 2 aliphatic heterocycles. The maximum Gasteiger partial charge on any atom is 0.174 e. The minimum absolute atomic E-state index is 0.00699. The summed E-state index contributed by atoms with van der Waals surface area (Å²) in [6.45, 7) is 9.23. The van der Waals surface area contributed by atoms with Crippen LogP contribution in [-0.4, -0.2) is 60.1 Å². The predicted octanol–water partition coefficient (Wildman–Crippen LogP) is 3.56. The third kappa shape index (κ3) is 2.75. The fourth-order valence-electron chi connectivity index (χ4n) is 9.65. The standard InChI is InChI=1S/C25H39NO6/c1-22-13-18(27)21-16(17(22)6-7-19(22)24(3)29-8-9-30-24)5-4-15-12-25(31-10-11-32-25)14-20(26-28)23(15,21)2/h15-19,21,27-28H,4-14H2,1-3H3/b26-20-/t15-,16+,17+,18-,19-,21+,22+,23-/m1/s1. The van der Waals surface area contributed by atoms with E-state index in [-0.39, 0.29) is 22.7 Å². The Morgan fingerprint density at radius 1 is 0.875 bits per heavy atom. The van der Waals surface area contributed by atoms with E-state index in [1.807, 2.05) is 0 Å². The summed E-state index contributed by atoms with van der Waals surface area (Å²) in [5.74, 6) is 0.441. The van der Waals surface area contributed by atoms with Crippen LogP contribution in [0.3, 0.4) is 0 Å². The predicted molar refractivity (Wildman–Crippen MR) is 116 cm³/mol. The van der Waals surface area contributed by atoms with Crippen molar-refractivity contribution in [3.8, 4) is 0 Å². The van der Waals surface area contributed by atoms with Crippen LogP contribution < -0.4 is 0 Å². The van der Waals surface area contributed by atoms with Gasteiger partial charge < -0.3 is 29.3 Å². The third-order valence-electron chi connectivity index (χ3n) is 10.9. The van der Waals surface area contributed by atoms with Crippen molar-refractivity contribution < 1.29 is 29.3 Å². The molecule has 0 radical (unpaired) electrons. The highest BCUT2D eigenvalue weighted by Crippen LogP contribution is 2.69. The van der Waals surface area contributed by atoms with Crippen molar-refractivity contribution in [1.82, 2.24) is 0 Å². The van der Waals surface area contributed by atoms with Crippen molar-refractivity contribution in [3.05, 3.63) is 0 Å². The van der Waals surface area contributed by atoms with Crippen LogP contribution >= 0.6 is 0 Å². The lowest BCUT2D eigenvalue weighted by molar-refractivity contribution is -0.233. The van der Waals surface area contributed by atoms with Gasteiger partial charge in [-0.3, -0.25) is 0 Å². The molecule has 6 rings (SSSR count). The largest absolute Gasteiger partial charge is 0.411 e. The number of ether oxygens (including phenoxy) is 4. The van der Waals surface area contributed by atoms with Crippen LogP contribution in [0.2, 0.25) is 0 Å². The molecule has 0 amide bonds. The Morgan fingerprint density at radius 2 is 1.56 bits per heavy atom. The Kier molecular flexibility index (Phi) is 4.86. The first-order valence-electron chi connectivity index (χ1n) is 12.7. The van der Waals surface area contributed by atoms with Gasteiger partial charge in [0.1, 0.15) is 0 Å². The Labute approximate surface area is 190 Å². The van der Waals surface area contributed by atoms with Crippen molar-refractivity contribution in [2.45, 2.75) is 83.4 Å². The molecule has 8 atom stereocenters. The van der Waals surface area contributed by atoms with E-state index < -0.39 is 17.7 Å². The van der Waals surface area contributed by atoms with Crippen LogP contribution in [-0.2, 0) is 18.9 Å². The summed E-state index contributed by atoms with van der Waals surface area (Å²) in [7, 11) is 0. The number of hydrogen-bond acceptors (Lipinski definition) is 7. The molecule has 0 unspecified atom stereocenters. The van der Waals surface area contributed by atoms with Gasteiger partial charge in [0, 0.05) is 24.2 Å². The summed E-state index contributed by atoms with van der Waals surface area (Å²) in [4.78, 5) is 0. The molecular weight excluding hydrogens is 410 g/mol. The quantitative estimate of drug-likeness (QED) is 0.470. The lowest BCUT2D eigenvalue weighted by Crippen LogP contribution is -2.64. The van der Waals surface area contributed by atoms with Crippen LogP contribution in [0.25, 0.3) is 0 Å². The van der Waals surface area contributed by atoms with Gasteiger partial charge in [0.25, 0.3) is 0 Å². The molecule has 6 aliphatic rings. The summed E-state index contributed by atoms with van der Waals surface area (Å²) in [5.41, 5.74) is 0.422.